The van der Waals surface area contributed by atoms with Crippen molar-refractivity contribution in [1.82, 2.24) is 15.0 Å². The molecule has 6 nitrogen and oxygen atoms in total. The molecule has 1 fully saturated rings. The Morgan fingerprint density at radius 3 is 2.72 bits per heavy atom. The molecule has 1 unspecified atom stereocenters. The molecule has 0 spiro atoms. The summed E-state index contributed by atoms with van der Waals surface area (Å²) in [7, 11) is 5.72. The third kappa shape index (κ3) is 2.47. The van der Waals surface area contributed by atoms with E-state index in [1.54, 1.807) is 0 Å². The van der Waals surface area contributed by atoms with Gasteiger partial charge in [0.1, 0.15) is 0 Å². The summed E-state index contributed by atoms with van der Waals surface area (Å²) in [5, 5.41) is 3.00. The van der Waals surface area contributed by atoms with Gasteiger partial charge in [0, 0.05) is 33.7 Å². The number of hydrogen-bond donors (Lipinski definition) is 1. The van der Waals surface area contributed by atoms with Gasteiger partial charge in [-0.2, -0.15) is 15.0 Å². The summed E-state index contributed by atoms with van der Waals surface area (Å²) in [5.74, 6) is 2.12. The van der Waals surface area contributed by atoms with Crippen molar-refractivity contribution < 1.29 is 0 Å². The van der Waals surface area contributed by atoms with Crippen molar-refractivity contribution in [2.24, 2.45) is 0 Å². The highest BCUT2D eigenvalue weighted by molar-refractivity contribution is 5.45. The van der Waals surface area contributed by atoms with Crippen LogP contribution in [0.1, 0.15) is 26.2 Å². The summed E-state index contributed by atoms with van der Waals surface area (Å²) in [6.07, 6.45) is 3.59. The van der Waals surface area contributed by atoms with Gasteiger partial charge in [0.15, 0.2) is 0 Å². The summed E-state index contributed by atoms with van der Waals surface area (Å²) in [4.78, 5) is 17.6. The van der Waals surface area contributed by atoms with E-state index in [9.17, 15) is 0 Å². The van der Waals surface area contributed by atoms with Crippen LogP contribution in [-0.4, -0.2) is 48.7 Å². The van der Waals surface area contributed by atoms with Gasteiger partial charge in [-0.25, -0.2) is 0 Å². The quantitative estimate of drug-likeness (QED) is 0.870. The van der Waals surface area contributed by atoms with Crippen molar-refractivity contribution in [1.29, 1.82) is 0 Å². The lowest BCUT2D eigenvalue weighted by atomic mass is 10.2. The smallest absolute Gasteiger partial charge is 0.232 e. The van der Waals surface area contributed by atoms with Gasteiger partial charge in [-0.15, -0.1) is 0 Å². The molecule has 0 amide bonds. The molecule has 100 valence electrons. The zero-order valence-electron chi connectivity index (χ0n) is 11.6. The molecular weight excluding hydrogens is 228 g/mol. The maximum Gasteiger partial charge on any atom is 0.232 e. The monoisotopic (exact) mass is 250 g/mol. The van der Waals surface area contributed by atoms with Crippen molar-refractivity contribution in [3.8, 4) is 0 Å². The second-order valence-corrected chi connectivity index (χ2v) is 4.80. The molecule has 1 aromatic rings. The molecule has 2 rings (SSSR count). The SMILES string of the molecule is CCC1CCCN1c1nc(NC)nc(N(C)C)n1. The van der Waals surface area contributed by atoms with E-state index in [2.05, 4.69) is 32.1 Å². The van der Waals surface area contributed by atoms with E-state index in [1.807, 2.05) is 26.0 Å². The molecule has 1 atom stereocenters. The Bertz CT molecular complexity index is 406. The molecule has 1 aromatic heterocycles. The predicted molar refractivity (Wildman–Crippen MR) is 74.4 cm³/mol. The lowest BCUT2D eigenvalue weighted by molar-refractivity contribution is 0.633. The van der Waals surface area contributed by atoms with Crippen LogP contribution < -0.4 is 15.1 Å². The van der Waals surface area contributed by atoms with E-state index in [4.69, 9.17) is 0 Å². The Morgan fingerprint density at radius 1 is 1.33 bits per heavy atom. The standard InChI is InChI=1S/C12H22N6/c1-5-9-7-6-8-18(9)12-15-10(13-2)14-11(16-12)17(3)4/h9H,5-8H2,1-4H3,(H,13,14,15,16). The molecule has 0 aromatic carbocycles. The van der Waals surface area contributed by atoms with Crippen LogP contribution in [0.3, 0.4) is 0 Å². The molecule has 1 saturated heterocycles. The van der Waals surface area contributed by atoms with Gasteiger partial charge in [-0.3, -0.25) is 0 Å². The molecular formula is C12H22N6. The van der Waals surface area contributed by atoms with Gasteiger partial charge in [-0.05, 0) is 19.3 Å². The third-order valence-corrected chi connectivity index (χ3v) is 3.34. The average Bonchev–Trinajstić information content (AvgIpc) is 2.86. The van der Waals surface area contributed by atoms with Gasteiger partial charge < -0.3 is 15.1 Å². The second-order valence-electron chi connectivity index (χ2n) is 4.80. The first-order valence-electron chi connectivity index (χ1n) is 6.53. The van der Waals surface area contributed by atoms with Gasteiger partial charge in [-0.1, -0.05) is 6.92 Å². The van der Waals surface area contributed by atoms with Crippen LogP contribution >= 0.6 is 0 Å². The van der Waals surface area contributed by atoms with E-state index in [1.165, 1.54) is 12.8 Å². The fraction of sp³-hybridized carbons (Fsp3) is 0.750. The van der Waals surface area contributed by atoms with Gasteiger partial charge in [0.2, 0.25) is 17.8 Å². The minimum atomic E-state index is 0.562. The Hall–Kier alpha value is -1.59. The molecule has 0 aliphatic carbocycles. The number of nitrogens with zero attached hydrogens (tertiary/aromatic N) is 5. The van der Waals surface area contributed by atoms with E-state index in [0.29, 0.717) is 17.9 Å². The number of rotatable bonds is 4. The highest BCUT2D eigenvalue weighted by Crippen LogP contribution is 2.25. The lowest BCUT2D eigenvalue weighted by Crippen LogP contribution is -2.31. The van der Waals surface area contributed by atoms with Crippen LogP contribution in [0.4, 0.5) is 17.8 Å². The van der Waals surface area contributed by atoms with E-state index < -0.39 is 0 Å². The topological polar surface area (TPSA) is 57.2 Å². The summed E-state index contributed by atoms with van der Waals surface area (Å²) in [6, 6.07) is 0.562. The highest BCUT2D eigenvalue weighted by Gasteiger charge is 2.26. The predicted octanol–water partition coefficient (Wildman–Crippen LogP) is 1.36. The third-order valence-electron chi connectivity index (χ3n) is 3.34. The Balaban J connectivity index is 2.34. The molecule has 1 aliphatic rings. The fourth-order valence-electron chi connectivity index (χ4n) is 2.32. The maximum atomic E-state index is 4.55. The van der Waals surface area contributed by atoms with Crippen molar-refractivity contribution in [3.63, 3.8) is 0 Å². The minimum absolute atomic E-state index is 0.562. The molecule has 1 aliphatic heterocycles. The first-order valence-corrected chi connectivity index (χ1v) is 6.53. The van der Waals surface area contributed by atoms with E-state index in [0.717, 1.165) is 18.9 Å². The molecule has 18 heavy (non-hydrogen) atoms. The van der Waals surface area contributed by atoms with Crippen molar-refractivity contribution in [2.45, 2.75) is 32.2 Å². The summed E-state index contributed by atoms with van der Waals surface area (Å²) >= 11 is 0. The van der Waals surface area contributed by atoms with Crippen molar-refractivity contribution >= 4 is 17.8 Å². The van der Waals surface area contributed by atoms with Crippen molar-refractivity contribution in [3.05, 3.63) is 0 Å². The van der Waals surface area contributed by atoms with Crippen LogP contribution in [0.5, 0.6) is 0 Å². The molecule has 2 heterocycles. The van der Waals surface area contributed by atoms with Gasteiger partial charge in [0.05, 0.1) is 0 Å². The molecule has 0 radical (unpaired) electrons. The first-order chi connectivity index (χ1) is 8.65. The van der Waals surface area contributed by atoms with Crippen LogP contribution in [0, 0.1) is 0 Å². The Labute approximate surface area is 108 Å². The van der Waals surface area contributed by atoms with Gasteiger partial charge >= 0.3 is 0 Å². The fourth-order valence-corrected chi connectivity index (χ4v) is 2.32. The van der Waals surface area contributed by atoms with Crippen LogP contribution in [0.15, 0.2) is 0 Å². The maximum absolute atomic E-state index is 4.55. The van der Waals surface area contributed by atoms with Crippen LogP contribution in [0.25, 0.3) is 0 Å². The number of anilines is 3. The Kier molecular flexibility index (Phi) is 3.84. The zero-order chi connectivity index (χ0) is 13.1. The minimum Gasteiger partial charge on any atom is -0.357 e. The average molecular weight is 250 g/mol. The second kappa shape index (κ2) is 5.37. The molecule has 0 saturated carbocycles. The lowest BCUT2D eigenvalue weighted by Gasteiger charge is -2.24. The largest absolute Gasteiger partial charge is 0.357 e. The highest BCUT2D eigenvalue weighted by atomic mass is 15.4. The van der Waals surface area contributed by atoms with Crippen LogP contribution in [0.2, 0.25) is 0 Å². The van der Waals surface area contributed by atoms with Gasteiger partial charge in [0.25, 0.3) is 0 Å². The summed E-state index contributed by atoms with van der Waals surface area (Å²) < 4.78 is 0. The van der Waals surface area contributed by atoms with E-state index in [-0.39, 0.29) is 0 Å². The normalized spacial score (nSPS) is 19.1. The number of nitrogens with one attached hydrogen (secondary N) is 1. The molecule has 0 bridgehead atoms. The summed E-state index contributed by atoms with van der Waals surface area (Å²) in [6.45, 7) is 3.26. The van der Waals surface area contributed by atoms with Crippen molar-refractivity contribution in [2.75, 3.05) is 42.8 Å². The zero-order valence-corrected chi connectivity index (χ0v) is 11.6. The Morgan fingerprint density at radius 2 is 2.11 bits per heavy atom. The summed E-state index contributed by atoms with van der Waals surface area (Å²) in [5.41, 5.74) is 0. The number of hydrogen-bond acceptors (Lipinski definition) is 6. The molecule has 6 heteroatoms. The first kappa shape index (κ1) is 12.9. The molecule has 1 N–H and O–H groups in total. The van der Waals surface area contributed by atoms with Crippen LogP contribution in [-0.2, 0) is 0 Å². The number of aromatic nitrogens is 3. The van der Waals surface area contributed by atoms with E-state index >= 15 is 0 Å².